The van der Waals surface area contributed by atoms with E-state index in [4.69, 9.17) is 5.26 Å². The molecule has 0 saturated carbocycles. The molecule has 0 aromatic heterocycles. The number of nitriles is 1. The molecule has 0 aliphatic carbocycles. The zero-order chi connectivity index (χ0) is 10.7. The van der Waals surface area contributed by atoms with E-state index in [9.17, 15) is 0 Å². The van der Waals surface area contributed by atoms with Gasteiger partial charge >= 0.3 is 0 Å². The molecule has 2 aromatic carbocycles. The van der Waals surface area contributed by atoms with Crippen molar-refractivity contribution in [2.24, 2.45) is 4.99 Å². The Morgan fingerprint density at radius 2 is 1.87 bits per heavy atom. The highest BCUT2D eigenvalue weighted by atomic mass is 14.7. The topological polar surface area (TPSA) is 36.1 Å². The van der Waals surface area contributed by atoms with Gasteiger partial charge in [0, 0.05) is 5.39 Å². The lowest BCUT2D eigenvalue weighted by Crippen LogP contribution is -1.82. The summed E-state index contributed by atoms with van der Waals surface area (Å²) in [6, 6.07) is 16.0. The summed E-state index contributed by atoms with van der Waals surface area (Å²) in [4.78, 5) is 4.26. The summed E-state index contributed by atoms with van der Waals surface area (Å²) in [6.45, 7) is 1.71. The van der Waals surface area contributed by atoms with Gasteiger partial charge in [0.15, 0.2) is 0 Å². The average Bonchev–Trinajstić information content (AvgIpc) is 2.29. The van der Waals surface area contributed by atoms with E-state index in [0.29, 0.717) is 5.71 Å². The van der Waals surface area contributed by atoms with E-state index < -0.39 is 0 Å². The van der Waals surface area contributed by atoms with Gasteiger partial charge in [-0.25, -0.2) is 4.99 Å². The Morgan fingerprint density at radius 1 is 1.13 bits per heavy atom. The minimum absolute atomic E-state index is 0.478. The first-order chi connectivity index (χ1) is 7.31. The van der Waals surface area contributed by atoms with Gasteiger partial charge in [-0.1, -0.05) is 36.4 Å². The predicted molar refractivity (Wildman–Crippen MR) is 62.3 cm³/mol. The second kappa shape index (κ2) is 3.93. The molecule has 0 heterocycles. The van der Waals surface area contributed by atoms with Crippen LogP contribution < -0.4 is 0 Å². The fourth-order valence-electron chi connectivity index (χ4n) is 1.51. The van der Waals surface area contributed by atoms with Crippen LogP contribution in [0.3, 0.4) is 0 Å². The Hall–Kier alpha value is -2.14. The number of benzene rings is 2. The molecular weight excluding hydrogens is 184 g/mol. The van der Waals surface area contributed by atoms with Gasteiger partial charge in [0.05, 0.1) is 5.69 Å². The maximum absolute atomic E-state index is 8.69. The van der Waals surface area contributed by atoms with Gasteiger partial charge in [-0.3, -0.25) is 0 Å². The lowest BCUT2D eigenvalue weighted by Gasteiger charge is -2.00. The average molecular weight is 194 g/mol. The molecule has 0 amide bonds. The molecule has 0 aliphatic rings. The van der Waals surface area contributed by atoms with E-state index in [-0.39, 0.29) is 0 Å². The monoisotopic (exact) mass is 194 g/mol. The van der Waals surface area contributed by atoms with Gasteiger partial charge in [0.25, 0.3) is 0 Å². The second-order valence-electron chi connectivity index (χ2n) is 3.31. The molecule has 0 atom stereocenters. The first-order valence-electron chi connectivity index (χ1n) is 4.74. The van der Waals surface area contributed by atoms with Gasteiger partial charge in [-0.2, -0.15) is 5.26 Å². The van der Waals surface area contributed by atoms with Gasteiger partial charge in [0.2, 0.25) is 0 Å². The van der Waals surface area contributed by atoms with E-state index in [0.717, 1.165) is 16.5 Å². The van der Waals surface area contributed by atoms with Crippen LogP contribution in [-0.2, 0) is 0 Å². The van der Waals surface area contributed by atoms with Crippen molar-refractivity contribution in [3.05, 3.63) is 42.5 Å². The molecule has 2 heteroatoms. The molecule has 0 aliphatic heterocycles. The lowest BCUT2D eigenvalue weighted by molar-refractivity contribution is 1.50. The molecule has 0 saturated heterocycles. The normalized spacial score (nSPS) is 11.3. The maximum Gasteiger partial charge on any atom is 0.115 e. The van der Waals surface area contributed by atoms with E-state index in [1.807, 2.05) is 48.5 Å². The van der Waals surface area contributed by atoms with E-state index >= 15 is 0 Å². The van der Waals surface area contributed by atoms with Gasteiger partial charge in [-0.05, 0) is 18.4 Å². The zero-order valence-corrected chi connectivity index (χ0v) is 8.44. The molecule has 2 nitrogen and oxygen atoms in total. The van der Waals surface area contributed by atoms with Gasteiger partial charge < -0.3 is 0 Å². The number of fused-ring (bicyclic) bond motifs is 1. The highest BCUT2D eigenvalue weighted by molar-refractivity contribution is 6.01. The Kier molecular flexibility index (Phi) is 2.47. The third-order valence-corrected chi connectivity index (χ3v) is 2.22. The summed E-state index contributed by atoms with van der Waals surface area (Å²) in [5, 5.41) is 10.9. The Labute approximate surface area is 88.5 Å². The largest absolute Gasteiger partial charge is 0.242 e. The Morgan fingerprint density at radius 3 is 2.67 bits per heavy atom. The SMILES string of the molecule is CC(C#N)=Nc1cccc2ccccc12. The summed E-state index contributed by atoms with van der Waals surface area (Å²) < 4.78 is 0. The highest BCUT2D eigenvalue weighted by Crippen LogP contribution is 2.25. The van der Waals surface area contributed by atoms with Crippen molar-refractivity contribution in [2.45, 2.75) is 6.92 Å². The Bertz CT molecular complexity index is 557. The smallest absolute Gasteiger partial charge is 0.115 e. The lowest BCUT2D eigenvalue weighted by atomic mass is 10.1. The fourth-order valence-corrected chi connectivity index (χ4v) is 1.51. The molecule has 0 N–H and O–H groups in total. The number of hydrogen-bond acceptors (Lipinski definition) is 2. The van der Waals surface area contributed by atoms with Crippen LogP contribution in [0, 0.1) is 11.3 Å². The minimum Gasteiger partial charge on any atom is -0.242 e. The van der Waals surface area contributed by atoms with E-state index in [2.05, 4.69) is 4.99 Å². The van der Waals surface area contributed by atoms with Crippen LogP contribution in [0.2, 0.25) is 0 Å². The quantitative estimate of drug-likeness (QED) is 0.640. The first-order valence-corrected chi connectivity index (χ1v) is 4.74. The highest BCUT2D eigenvalue weighted by Gasteiger charge is 1.98. The molecule has 0 radical (unpaired) electrons. The van der Waals surface area contributed by atoms with Crippen molar-refractivity contribution in [3.8, 4) is 6.07 Å². The molecule has 0 fully saturated rings. The molecular formula is C13H10N2. The zero-order valence-electron chi connectivity index (χ0n) is 8.44. The van der Waals surface area contributed by atoms with Crippen molar-refractivity contribution in [1.29, 1.82) is 5.26 Å². The first kappa shape index (κ1) is 9.42. The van der Waals surface area contributed by atoms with Crippen LogP contribution in [0.1, 0.15) is 6.92 Å². The van der Waals surface area contributed by atoms with Crippen molar-refractivity contribution >= 4 is 22.2 Å². The summed E-state index contributed by atoms with van der Waals surface area (Å²) in [5.74, 6) is 0. The Balaban J connectivity index is 2.67. The molecule has 15 heavy (non-hydrogen) atoms. The maximum atomic E-state index is 8.69. The molecule has 0 bridgehead atoms. The van der Waals surface area contributed by atoms with Crippen LogP contribution >= 0.6 is 0 Å². The second-order valence-corrected chi connectivity index (χ2v) is 3.31. The third kappa shape index (κ3) is 1.87. The number of hydrogen-bond donors (Lipinski definition) is 0. The summed E-state index contributed by atoms with van der Waals surface area (Å²) in [5.41, 5.74) is 1.33. The number of nitrogens with zero attached hydrogens (tertiary/aromatic N) is 2. The number of rotatable bonds is 1. The van der Waals surface area contributed by atoms with Crippen LogP contribution in [0.4, 0.5) is 5.69 Å². The van der Waals surface area contributed by atoms with Crippen molar-refractivity contribution in [1.82, 2.24) is 0 Å². The van der Waals surface area contributed by atoms with Crippen molar-refractivity contribution in [3.63, 3.8) is 0 Å². The van der Waals surface area contributed by atoms with E-state index in [1.54, 1.807) is 6.92 Å². The van der Waals surface area contributed by atoms with Crippen LogP contribution in [-0.4, -0.2) is 5.71 Å². The fraction of sp³-hybridized carbons (Fsp3) is 0.0769. The van der Waals surface area contributed by atoms with Gasteiger partial charge in [0.1, 0.15) is 11.8 Å². The number of aliphatic imine (C=N–C) groups is 1. The van der Waals surface area contributed by atoms with Crippen LogP contribution in [0.15, 0.2) is 47.5 Å². The van der Waals surface area contributed by atoms with E-state index in [1.165, 1.54) is 0 Å². The van der Waals surface area contributed by atoms with Crippen molar-refractivity contribution in [2.75, 3.05) is 0 Å². The van der Waals surface area contributed by atoms with Crippen LogP contribution in [0.5, 0.6) is 0 Å². The summed E-state index contributed by atoms with van der Waals surface area (Å²) in [6.07, 6.45) is 0. The van der Waals surface area contributed by atoms with Gasteiger partial charge in [-0.15, -0.1) is 0 Å². The molecule has 2 rings (SSSR count). The van der Waals surface area contributed by atoms with Crippen molar-refractivity contribution < 1.29 is 0 Å². The minimum atomic E-state index is 0.478. The van der Waals surface area contributed by atoms with Crippen LogP contribution in [0.25, 0.3) is 10.8 Å². The molecule has 0 spiro atoms. The molecule has 0 unspecified atom stereocenters. The molecule has 72 valence electrons. The molecule has 2 aromatic rings. The summed E-state index contributed by atoms with van der Waals surface area (Å²) in [7, 11) is 0. The third-order valence-electron chi connectivity index (χ3n) is 2.22. The standard InChI is InChI=1S/C13H10N2/c1-10(9-14)15-13-8-4-6-11-5-2-3-7-12(11)13/h2-8H,1H3. The summed E-state index contributed by atoms with van der Waals surface area (Å²) >= 11 is 0. The predicted octanol–water partition coefficient (Wildman–Crippen LogP) is 3.46.